The summed E-state index contributed by atoms with van der Waals surface area (Å²) < 4.78 is 1.51. The number of carbonyl (C=O) groups is 1. The first-order chi connectivity index (χ1) is 11.4. The quantitative estimate of drug-likeness (QED) is 0.797. The highest BCUT2D eigenvalue weighted by Crippen LogP contribution is 2.27. The molecule has 1 amide bonds. The molecular weight excluding hydrogens is 322 g/mol. The van der Waals surface area contributed by atoms with Crippen LogP contribution >= 0.6 is 11.3 Å². The monoisotopic (exact) mass is 341 g/mol. The van der Waals surface area contributed by atoms with Crippen LogP contribution in [0.25, 0.3) is 10.2 Å². The summed E-state index contributed by atoms with van der Waals surface area (Å²) in [7, 11) is 1.69. The van der Waals surface area contributed by atoms with Gasteiger partial charge in [0.15, 0.2) is 0 Å². The van der Waals surface area contributed by atoms with Crippen molar-refractivity contribution in [3.63, 3.8) is 0 Å². The Kier molecular flexibility index (Phi) is 4.24. The van der Waals surface area contributed by atoms with Gasteiger partial charge in [0.1, 0.15) is 10.7 Å². The molecule has 6 heteroatoms. The number of aryl methyl sites for hydroxylation is 3. The van der Waals surface area contributed by atoms with Gasteiger partial charge in [-0.1, -0.05) is 29.8 Å². The number of aromatic nitrogens is 2. The van der Waals surface area contributed by atoms with Crippen LogP contribution in [0.2, 0.25) is 0 Å². The minimum absolute atomic E-state index is 0.108. The van der Waals surface area contributed by atoms with Gasteiger partial charge >= 0.3 is 0 Å². The Hall–Kier alpha value is -2.47. The summed E-state index contributed by atoms with van der Waals surface area (Å²) in [4.78, 5) is 30.5. The number of rotatable bonds is 3. The van der Waals surface area contributed by atoms with Crippen molar-refractivity contribution in [2.75, 3.05) is 0 Å². The fourth-order valence-corrected chi connectivity index (χ4v) is 3.68. The van der Waals surface area contributed by atoms with E-state index in [9.17, 15) is 9.59 Å². The maximum Gasteiger partial charge on any atom is 0.262 e. The van der Waals surface area contributed by atoms with E-state index >= 15 is 0 Å². The standard InChI is InChI=1S/C18H19N3O2S/c1-10-5-7-13(8-6-10)9-19-16(22)15-11(2)14-17(24-15)20-12(3)21(4)18(14)23/h5-8H,9H2,1-4H3,(H,19,22). The van der Waals surface area contributed by atoms with Crippen molar-refractivity contribution in [1.29, 1.82) is 0 Å². The lowest BCUT2D eigenvalue weighted by atomic mass is 10.1. The van der Waals surface area contributed by atoms with Gasteiger partial charge in [0.05, 0.1) is 10.3 Å². The molecule has 0 saturated carbocycles. The summed E-state index contributed by atoms with van der Waals surface area (Å²) in [6, 6.07) is 8.02. The molecule has 0 aliphatic carbocycles. The predicted octanol–water partition coefficient (Wildman–Crippen LogP) is 2.85. The van der Waals surface area contributed by atoms with Crippen LogP contribution in [0.4, 0.5) is 0 Å². The molecule has 0 atom stereocenters. The molecule has 2 aromatic heterocycles. The first-order valence-corrected chi connectivity index (χ1v) is 8.50. The maximum absolute atomic E-state index is 12.5. The summed E-state index contributed by atoms with van der Waals surface area (Å²) >= 11 is 1.27. The fraction of sp³-hybridized carbons (Fsp3) is 0.278. The van der Waals surface area contributed by atoms with E-state index in [0.29, 0.717) is 33.0 Å². The highest BCUT2D eigenvalue weighted by molar-refractivity contribution is 7.20. The lowest BCUT2D eigenvalue weighted by Gasteiger charge is -2.05. The molecule has 1 N–H and O–H groups in total. The van der Waals surface area contributed by atoms with Gasteiger partial charge < -0.3 is 5.32 Å². The predicted molar refractivity (Wildman–Crippen MR) is 96.7 cm³/mol. The Morgan fingerprint density at radius 2 is 1.88 bits per heavy atom. The highest BCUT2D eigenvalue weighted by atomic mass is 32.1. The molecule has 0 aliphatic rings. The second kappa shape index (κ2) is 6.20. The number of carbonyl (C=O) groups excluding carboxylic acids is 1. The second-order valence-corrected chi connectivity index (χ2v) is 6.93. The third kappa shape index (κ3) is 2.85. The third-order valence-electron chi connectivity index (χ3n) is 4.18. The molecule has 3 rings (SSSR count). The van der Waals surface area contributed by atoms with E-state index < -0.39 is 0 Å². The maximum atomic E-state index is 12.5. The molecule has 0 saturated heterocycles. The number of benzene rings is 1. The first-order valence-electron chi connectivity index (χ1n) is 7.69. The van der Waals surface area contributed by atoms with Gasteiger partial charge in [-0.2, -0.15) is 0 Å². The summed E-state index contributed by atoms with van der Waals surface area (Å²) in [5.41, 5.74) is 2.81. The normalized spacial score (nSPS) is 11.0. The van der Waals surface area contributed by atoms with Crippen molar-refractivity contribution in [1.82, 2.24) is 14.9 Å². The van der Waals surface area contributed by atoms with Gasteiger partial charge in [0.2, 0.25) is 0 Å². The van der Waals surface area contributed by atoms with Crippen LogP contribution in [0, 0.1) is 20.8 Å². The SMILES string of the molecule is Cc1ccc(CNC(=O)c2sc3nc(C)n(C)c(=O)c3c2C)cc1. The molecule has 3 aromatic rings. The smallest absolute Gasteiger partial charge is 0.262 e. The molecule has 2 heterocycles. The minimum atomic E-state index is -0.171. The lowest BCUT2D eigenvalue weighted by Crippen LogP contribution is -2.23. The molecule has 124 valence electrons. The second-order valence-electron chi connectivity index (χ2n) is 5.93. The number of nitrogens with zero attached hydrogens (tertiary/aromatic N) is 2. The van der Waals surface area contributed by atoms with Crippen LogP contribution in [0.1, 0.15) is 32.2 Å². The Morgan fingerprint density at radius 3 is 2.54 bits per heavy atom. The van der Waals surface area contributed by atoms with E-state index in [1.165, 1.54) is 21.5 Å². The van der Waals surface area contributed by atoms with Crippen molar-refractivity contribution in [3.05, 3.63) is 62.0 Å². The first kappa shape index (κ1) is 16.4. The van der Waals surface area contributed by atoms with Gasteiger partial charge in [0, 0.05) is 13.6 Å². The topological polar surface area (TPSA) is 64.0 Å². The van der Waals surface area contributed by atoms with E-state index in [1.54, 1.807) is 20.9 Å². The van der Waals surface area contributed by atoms with E-state index in [2.05, 4.69) is 10.3 Å². The van der Waals surface area contributed by atoms with Crippen molar-refractivity contribution in [2.45, 2.75) is 27.3 Å². The molecular formula is C18H19N3O2S. The molecule has 0 spiro atoms. The molecule has 0 radical (unpaired) electrons. The Labute approximate surface area is 144 Å². The third-order valence-corrected chi connectivity index (χ3v) is 5.36. The number of nitrogens with one attached hydrogen (secondary N) is 1. The van der Waals surface area contributed by atoms with E-state index in [0.717, 1.165) is 5.56 Å². The van der Waals surface area contributed by atoms with Gasteiger partial charge in [0.25, 0.3) is 11.5 Å². The molecule has 0 aliphatic heterocycles. The van der Waals surface area contributed by atoms with E-state index in [4.69, 9.17) is 0 Å². The van der Waals surface area contributed by atoms with Gasteiger partial charge in [-0.3, -0.25) is 14.2 Å². The number of hydrogen-bond donors (Lipinski definition) is 1. The molecule has 0 bridgehead atoms. The van der Waals surface area contributed by atoms with E-state index in [1.807, 2.05) is 31.2 Å². The summed E-state index contributed by atoms with van der Waals surface area (Å²) in [5.74, 6) is 0.469. The van der Waals surface area contributed by atoms with Crippen LogP contribution in [0.5, 0.6) is 0 Å². The summed E-state index contributed by atoms with van der Waals surface area (Å²) in [6.07, 6.45) is 0. The minimum Gasteiger partial charge on any atom is -0.347 e. The van der Waals surface area contributed by atoms with Crippen LogP contribution in [0.3, 0.4) is 0 Å². The van der Waals surface area contributed by atoms with Gasteiger partial charge in [-0.05, 0) is 31.9 Å². The summed E-state index contributed by atoms with van der Waals surface area (Å²) in [5, 5.41) is 3.46. The largest absolute Gasteiger partial charge is 0.347 e. The van der Waals surface area contributed by atoms with Crippen molar-refractivity contribution in [2.24, 2.45) is 7.05 Å². The molecule has 5 nitrogen and oxygen atoms in total. The summed E-state index contributed by atoms with van der Waals surface area (Å²) in [6.45, 7) is 6.07. The van der Waals surface area contributed by atoms with E-state index in [-0.39, 0.29) is 11.5 Å². The Bertz CT molecular complexity index is 984. The zero-order valence-corrected chi connectivity index (χ0v) is 15.0. The molecule has 24 heavy (non-hydrogen) atoms. The Balaban J connectivity index is 1.90. The van der Waals surface area contributed by atoms with Crippen LogP contribution in [0.15, 0.2) is 29.1 Å². The molecule has 0 fully saturated rings. The highest BCUT2D eigenvalue weighted by Gasteiger charge is 2.19. The van der Waals surface area contributed by atoms with Crippen molar-refractivity contribution in [3.8, 4) is 0 Å². The van der Waals surface area contributed by atoms with Crippen molar-refractivity contribution >= 4 is 27.5 Å². The van der Waals surface area contributed by atoms with Crippen LogP contribution in [-0.2, 0) is 13.6 Å². The number of thiophene rings is 1. The number of hydrogen-bond acceptors (Lipinski definition) is 4. The molecule has 0 unspecified atom stereocenters. The average molecular weight is 341 g/mol. The zero-order valence-electron chi connectivity index (χ0n) is 14.1. The van der Waals surface area contributed by atoms with Gasteiger partial charge in [-0.15, -0.1) is 11.3 Å². The Morgan fingerprint density at radius 1 is 1.21 bits per heavy atom. The number of fused-ring (bicyclic) bond motifs is 1. The van der Waals surface area contributed by atoms with Gasteiger partial charge in [-0.25, -0.2) is 4.98 Å². The average Bonchev–Trinajstić information content (AvgIpc) is 2.88. The van der Waals surface area contributed by atoms with Crippen LogP contribution < -0.4 is 10.9 Å². The number of amides is 1. The fourth-order valence-electron chi connectivity index (χ4n) is 2.55. The van der Waals surface area contributed by atoms with Crippen LogP contribution in [-0.4, -0.2) is 15.5 Å². The van der Waals surface area contributed by atoms with Crippen molar-refractivity contribution < 1.29 is 4.79 Å². The zero-order chi connectivity index (χ0) is 17.4. The molecule has 1 aromatic carbocycles. The lowest BCUT2D eigenvalue weighted by molar-refractivity contribution is 0.0954.